The number of anilines is 2. The smallest absolute Gasteiger partial charge is 0.127 e. The highest BCUT2D eigenvalue weighted by molar-refractivity contribution is 5.54. The first-order chi connectivity index (χ1) is 11.9. The molecule has 2 heterocycles. The Balaban J connectivity index is 0.000000134. The van der Waals surface area contributed by atoms with Gasteiger partial charge in [0.1, 0.15) is 5.82 Å². The molecule has 2 N–H and O–H groups in total. The maximum absolute atomic E-state index is 4.22. The molecule has 1 saturated heterocycles. The number of likely N-dealkylation sites (N-methyl/N-ethyl adjacent to an activating group) is 1. The molecular formula is C21H34N4. The highest BCUT2D eigenvalue weighted by atomic mass is 15.2. The number of hydrogen-bond donors (Lipinski definition) is 2. The van der Waals surface area contributed by atoms with Crippen molar-refractivity contribution < 1.29 is 0 Å². The Morgan fingerprint density at radius 1 is 1.20 bits per heavy atom. The first kappa shape index (κ1) is 17.1. The van der Waals surface area contributed by atoms with E-state index in [2.05, 4.69) is 53.4 Å². The van der Waals surface area contributed by atoms with Gasteiger partial charge in [-0.2, -0.15) is 0 Å². The third-order valence-electron chi connectivity index (χ3n) is 8.48. The van der Waals surface area contributed by atoms with Crippen LogP contribution >= 0.6 is 0 Å². The van der Waals surface area contributed by atoms with Crippen molar-refractivity contribution in [1.29, 1.82) is 0 Å². The van der Waals surface area contributed by atoms with Crippen molar-refractivity contribution in [2.75, 3.05) is 37.4 Å². The van der Waals surface area contributed by atoms with Crippen molar-refractivity contribution in [2.24, 2.45) is 22.2 Å². The van der Waals surface area contributed by atoms with Crippen LogP contribution in [0.4, 0.5) is 11.5 Å². The van der Waals surface area contributed by atoms with Crippen LogP contribution in [0.5, 0.6) is 0 Å². The fraction of sp³-hybridized carbons (Fsp3) is 0.762. The summed E-state index contributed by atoms with van der Waals surface area (Å²) in [6.07, 6.45) is 7.70. The molecule has 4 nitrogen and oxygen atoms in total. The van der Waals surface area contributed by atoms with E-state index in [0.717, 1.165) is 35.7 Å². The summed E-state index contributed by atoms with van der Waals surface area (Å²) >= 11 is 0. The van der Waals surface area contributed by atoms with E-state index in [4.69, 9.17) is 0 Å². The summed E-state index contributed by atoms with van der Waals surface area (Å²) in [5, 5.41) is 6.38. The van der Waals surface area contributed by atoms with Crippen molar-refractivity contribution >= 4 is 11.5 Å². The van der Waals surface area contributed by atoms with Crippen LogP contribution in [0, 0.1) is 22.2 Å². The van der Waals surface area contributed by atoms with Gasteiger partial charge in [0.05, 0.1) is 0 Å². The standard InChI is InChI=1S/C11H18N4.C10H16/c1-12-9-4-6-15(8-9)10-3-5-14-11(7-10)13-2;1-8(2)9(3)5-4-7-6-10(7,8)9/h3,5,7,9,12H,4,6,8H2,1-2H3,(H,13,14);7H,4-6H2,1-3H3/t;7?,9-,10?/m.1/s1. The van der Waals surface area contributed by atoms with Gasteiger partial charge < -0.3 is 15.5 Å². The second kappa shape index (κ2) is 5.60. The molecule has 0 amide bonds. The lowest BCUT2D eigenvalue weighted by Gasteiger charge is -2.18. The maximum Gasteiger partial charge on any atom is 0.127 e. The molecule has 3 aliphatic carbocycles. The molecule has 0 aromatic carbocycles. The van der Waals surface area contributed by atoms with E-state index in [0.29, 0.717) is 11.5 Å². The first-order valence-electron chi connectivity index (χ1n) is 9.95. The van der Waals surface area contributed by atoms with Crippen LogP contribution in [-0.4, -0.2) is 38.2 Å². The molecule has 4 fully saturated rings. The number of nitrogens with zero attached hydrogens (tertiary/aromatic N) is 2. The third-order valence-corrected chi connectivity index (χ3v) is 8.48. The normalized spacial score (nSPS) is 39.2. The highest BCUT2D eigenvalue weighted by Gasteiger charge is 2.91. The summed E-state index contributed by atoms with van der Waals surface area (Å²) in [5.41, 5.74) is 3.60. The summed E-state index contributed by atoms with van der Waals surface area (Å²) in [6.45, 7) is 9.68. The molecule has 25 heavy (non-hydrogen) atoms. The van der Waals surface area contributed by atoms with Gasteiger partial charge in [0.15, 0.2) is 0 Å². The average molecular weight is 343 g/mol. The van der Waals surface area contributed by atoms with Crippen molar-refractivity contribution in [3.63, 3.8) is 0 Å². The highest BCUT2D eigenvalue weighted by Crippen LogP contribution is 2.97. The summed E-state index contributed by atoms with van der Waals surface area (Å²) < 4.78 is 0. The van der Waals surface area contributed by atoms with E-state index in [1.165, 1.54) is 18.5 Å². The second-order valence-corrected chi connectivity index (χ2v) is 9.24. The van der Waals surface area contributed by atoms with Crippen LogP contribution in [0.1, 0.15) is 46.5 Å². The first-order valence-corrected chi connectivity index (χ1v) is 9.95. The van der Waals surface area contributed by atoms with E-state index < -0.39 is 0 Å². The fourth-order valence-corrected chi connectivity index (χ4v) is 6.44. The molecule has 4 heteroatoms. The molecule has 1 aliphatic heterocycles. The Bertz CT molecular complexity index is 651. The molecule has 3 saturated carbocycles. The Hall–Kier alpha value is -1.29. The minimum atomic E-state index is 0.621. The molecule has 1 aromatic heterocycles. The van der Waals surface area contributed by atoms with Crippen LogP contribution in [0.2, 0.25) is 0 Å². The molecule has 1 aromatic rings. The van der Waals surface area contributed by atoms with E-state index >= 15 is 0 Å². The van der Waals surface area contributed by atoms with Gasteiger partial charge in [0.2, 0.25) is 0 Å². The van der Waals surface area contributed by atoms with Gasteiger partial charge in [-0.1, -0.05) is 20.8 Å². The monoisotopic (exact) mass is 342 g/mol. The predicted molar refractivity (Wildman–Crippen MR) is 105 cm³/mol. The minimum absolute atomic E-state index is 0.621. The lowest BCUT2D eigenvalue weighted by atomic mass is 9.93. The zero-order chi connectivity index (χ0) is 17.9. The molecule has 0 bridgehead atoms. The van der Waals surface area contributed by atoms with Gasteiger partial charge in [-0.05, 0) is 61.0 Å². The molecule has 4 aliphatic rings. The number of nitrogens with one attached hydrogen (secondary N) is 2. The van der Waals surface area contributed by atoms with Crippen LogP contribution in [0.25, 0.3) is 0 Å². The Morgan fingerprint density at radius 3 is 2.48 bits per heavy atom. The molecular weight excluding hydrogens is 308 g/mol. The molecule has 138 valence electrons. The second-order valence-electron chi connectivity index (χ2n) is 9.24. The van der Waals surface area contributed by atoms with Gasteiger partial charge >= 0.3 is 0 Å². The molecule has 1 spiro atoms. The SMILES string of the molecule is CC1(C)C23CC2CC[C@]13C.CNc1cc(N2CCC(NC)C2)ccn1. The number of hydrogen-bond acceptors (Lipinski definition) is 4. The van der Waals surface area contributed by atoms with E-state index in [9.17, 15) is 0 Å². The number of rotatable bonds is 3. The summed E-state index contributed by atoms with van der Waals surface area (Å²) in [4.78, 5) is 6.61. The predicted octanol–water partition coefficient (Wildman–Crippen LogP) is 3.75. The fourth-order valence-electron chi connectivity index (χ4n) is 6.44. The van der Waals surface area contributed by atoms with Crippen molar-refractivity contribution in [3.8, 4) is 0 Å². The Morgan fingerprint density at radius 2 is 2.00 bits per heavy atom. The van der Waals surface area contributed by atoms with Gasteiger partial charge in [0.25, 0.3) is 0 Å². The third kappa shape index (κ3) is 2.26. The maximum atomic E-state index is 4.22. The van der Waals surface area contributed by atoms with Crippen molar-refractivity contribution in [3.05, 3.63) is 18.3 Å². The zero-order valence-corrected chi connectivity index (χ0v) is 16.5. The van der Waals surface area contributed by atoms with E-state index in [1.807, 2.05) is 20.3 Å². The summed E-state index contributed by atoms with van der Waals surface area (Å²) in [5.74, 6) is 2.08. The average Bonchev–Trinajstić information content (AvgIpc) is 3.23. The lowest BCUT2D eigenvalue weighted by molar-refractivity contribution is 0.377. The van der Waals surface area contributed by atoms with Crippen LogP contribution in [-0.2, 0) is 0 Å². The van der Waals surface area contributed by atoms with Crippen LogP contribution < -0.4 is 15.5 Å². The van der Waals surface area contributed by atoms with E-state index in [1.54, 1.807) is 12.8 Å². The van der Waals surface area contributed by atoms with E-state index in [-0.39, 0.29) is 0 Å². The summed E-state index contributed by atoms with van der Waals surface area (Å²) in [6, 6.07) is 4.79. The molecule has 5 rings (SSSR count). The van der Waals surface area contributed by atoms with Gasteiger partial charge in [0, 0.05) is 44.1 Å². The number of aromatic nitrogens is 1. The minimum Gasteiger partial charge on any atom is -0.373 e. The molecule has 0 radical (unpaired) electrons. The molecule has 3 unspecified atom stereocenters. The largest absolute Gasteiger partial charge is 0.373 e. The Labute approximate surface area is 152 Å². The lowest BCUT2D eigenvalue weighted by Crippen LogP contribution is -2.29. The Kier molecular flexibility index (Phi) is 3.84. The topological polar surface area (TPSA) is 40.2 Å². The van der Waals surface area contributed by atoms with Crippen LogP contribution in [0.3, 0.4) is 0 Å². The van der Waals surface area contributed by atoms with Crippen molar-refractivity contribution in [1.82, 2.24) is 10.3 Å². The number of pyridine rings is 1. The zero-order valence-electron chi connectivity index (χ0n) is 16.5. The van der Waals surface area contributed by atoms with Crippen molar-refractivity contribution in [2.45, 2.75) is 52.5 Å². The van der Waals surface area contributed by atoms with Gasteiger partial charge in [-0.3, -0.25) is 0 Å². The van der Waals surface area contributed by atoms with Crippen LogP contribution in [0.15, 0.2) is 18.3 Å². The molecule has 4 atom stereocenters. The summed E-state index contributed by atoms with van der Waals surface area (Å²) in [7, 11) is 3.92. The van der Waals surface area contributed by atoms with Gasteiger partial charge in [-0.25, -0.2) is 4.98 Å². The quantitative estimate of drug-likeness (QED) is 0.877. The van der Waals surface area contributed by atoms with Gasteiger partial charge in [-0.15, -0.1) is 0 Å².